The van der Waals surface area contributed by atoms with E-state index >= 15 is 0 Å². The van der Waals surface area contributed by atoms with Crippen LogP contribution in [0.5, 0.6) is 0 Å². The van der Waals surface area contributed by atoms with Gasteiger partial charge in [0, 0.05) is 6.42 Å². The highest BCUT2D eigenvalue weighted by atomic mass is 16.3. The largest absolute Gasteiger partial charge is 0.393 e. The van der Waals surface area contributed by atoms with Crippen molar-refractivity contribution in [2.75, 3.05) is 0 Å². The van der Waals surface area contributed by atoms with Crippen LogP contribution in [0.15, 0.2) is 35.5 Å². The lowest BCUT2D eigenvalue weighted by atomic mass is 9.61. The Morgan fingerprint density at radius 1 is 1.20 bits per heavy atom. The molecule has 4 aliphatic carbocycles. The molecule has 6 atom stereocenters. The number of aliphatic hydroxyl groups is 3. The Balaban J connectivity index is 1.46. The van der Waals surface area contributed by atoms with Crippen LogP contribution >= 0.6 is 0 Å². The van der Waals surface area contributed by atoms with Crippen LogP contribution < -0.4 is 0 Å². The van der Waals surface area contributed by atoms with Gasteiger partial charge in [-0.3, -0.25) is 0 Å². The van der Waals surface area contributed by atoms with E-state index in [0.717, 1.165) is 29.9 Å². The fourth-order valence-electron chi connectivity index (χ4n) is 7.42. The molecule has 1 spiro atoms. The minimum absolute atomic E-state index is 0.408. The minimum atomic E-state index is -0.610. The van der Waals surface area contributed by atoms with E-state index in [1.807, 2.05) is 13.8 Å². The van der Waals surface area contributed by atoms with Gasteiger partial charge in [-0.15, -0.1) is 0 Å². The smallest absolute Gasteiger partial charge is 0.0811 e. The molecule has 0 saturated heterocycles. The Morgan fingerprint density at radius 2 is 1.97 bits per heavy atom. The van der Waals surface area contributed by atoms with Gasteiger partial charge in [0.05, 0.1) is 17.8 Å². The Hall–Kier alpha value is -0.900. The first-order chi connectivity index (χ1) is 14.1. The lowest BCUT2D eigenvalue weighted by Crippen LogP contribution is -2.35. The average molecular weight is 415 g/mol. The molecule has 4 saturated carbocycles. The molecule has 4 aliphatic rings. The van der Waals surface area contributed by atoms with Crippen molar-refractivity contribution < 1.29 is 15.3 Å². The maximum Gasteiger partial charge on any atom is 0.0811 e. The van der Waals surface area contributed by atoms with Crippen LogP contribution in [0.25, 0.3) is 0 Å². The summed E-state index contributed by atoms with van der Waals surface area (Å²) in [5.74, 6) is 1.52. The van der Waals surface area contributed by atoms with Crippen LogP contribution in [-0.4, -0.2) is 33.1 Å². The lowest BCUT2D eigenvalue weighted by Gasteiger charge is -2.43. The Bertz CT molecular complexity index is 742. The third-order valence-electron chi connectivity index (χ3n) is 9.23. The van der Waals surface area contributed by atoms with E-state index < -0.39 is 17.8 Å². The SMILES string of the molecule is C=C1/C(=C\C=C2/CCC[C@@]3(C)[C@H]2CC[C@@]32CC2CCCC(C)(C)O)C[C@@H](O)C[C@@H]1O. The quantitative estimate of drug-likeness (QED) is 0.560. The first-order valence-electron chi connectivity index (χ1n) is 12.2. The predicted molar refractivity (Wildman–Crippen MR) is 122 cm³/mol. The molecule has 168 valence electrons. The zero-order chi connectivity index (χ0) is 21.7. The standard InChI is InChI=1S/C27H42O3/c1-18-20(15-22(28)16-24(18)29)10-9-19-7-5-13-26(4)23(19)11-14-27(26)17-21(27)8-6-12-25(2,3)30/h9-10,21-24,28-30H,1,5-8,11-17H2,2-4H3/b19-9+,20-10-/t21?,22-,23+,24+,26+,27+/m1/s1. The molecule has 0 amide bonds. The fraction of sp³-hybridized carbons (Fsp3) is 0.778. The summed E-state index contributed by atoms with van der Waals surface area (Å²) in [6, 6.07) is 0. The zero-order valence-corrected chi connectivity index (χ0v) is 19.3. The molecule has 0 bridgehead atoms. The fourth-order valence-corrected chi connectivity index (χ4v) is 7.42. The van der Waals surface area contributed by atoms with Gasteiger partial charge in [-0.1, -0.05) is 37.6 Å². The summed E-state index contributed by atoms with van der Waals surface area (Å²) in [5, 5.41) is 30.2. The molecular weight excluding hydrogens is 372 g/mol. The summed E-state index contributed by atoms with van der Waals surface area (Å²) in [4.78, 5) is 0. The van der Waals surface area contributed by atoms with Gasteiger partial charge in [-0.05, 0) is 105 Å². The molecular formula is C27H42O3. The van der Waals surface area contributed by atoms with Crippen molar-refractivity contribution >= 4 is 0 Å². The van der Waals surface area contributed by atoms with Crippen LogP contribution in [0.4, 0.5) is 0 Å². The van der Waals surface area contributed by atoms with Gasteiger partial charge in [0.1, 0.15) is 0 Å². The van der Waals surface area contributed by atoms with Gasteiger partial charge in [0.25, 0.3) is 0 Å². The summed E-state index contributed by atoms with van der Waals surface area (Å²) in [6.45, 7) is 10.5. The second-order valence-corrected chi connectivity index (χ2v) is 11.7. The van der Waals surface area contributed by atoms with Crippen LogP contribution in [0.1, 0.15) is 91.4 Å². The Morgan fingerprint density at radius 3 is 2.70 bits per heavy atom. The van der Waals surface area contributed by atoms with E-state index in [1.54, 1.807) is 5.57 Å². The molecule has 3 heteroatoms. The molecule has 0 radical (unpaired) electrons. The number of hydrogen-bond acceptors (Lipinski definition) is 3. The summed E-state index contributed by atoms with van der Waals surface area (Å²) in [7, 11) is 0. The topological polar surface area (TPSA) is 60.7 Å². The van der Waals surface area contributed by atoms with E-state index in [-0.39, 0.29) is 0 Å². The second-order valence-electron chi connectivity index (χ2n) is 11.7. The summed E-state index contributed by atoms with van der Waals surface area (Å²) >= 11 is 0. The lowest BCUT2D eigenvalue weighted by molar-refractivity contribution is 0.0653. The zero-order valence-electron chi connectivity index (χ0n) is 19.3. The maximum atomic E-state index is 10.1. The second kappa shape index (κ2) is 7.90. The van der Waals surface area contributed by atoms with E-state index in [4.69, 9.17) is 0 Å². The third-order valence-corrected chi connectivity index (χ3v) is 9.23. The van der Waals surface area contributed by atoms with Gasteiger partial charge in [-0.2, -0.15) is 0 Å². The molecule has 0 aromatic carbocycles. The summed E-state index contributed by atoms with van der Waals surface area (Å²) < 4.78 is 0. The Labute approximate surface area is 183 Å². The monoisotopic (exact) mass is 414 g/mol. The van der Waals surface area contributed by atoms with Crippen molar-refractivity contribution in [3.8, 4) is 0 Å². The summed E-state index contributed by atoms with van der Waals surface area (Å²) in [6.07, 6.45) is 15.6. The van der Waals surface area contributed by atoms with Gasteiger partial charge >= 0.3 is 0 Å². The molecule has 3 N–H and O–H groups in total. The average Bonchev–Trinajstić information content (AvgIpc) is 3.27. The van der Waals surface area contributed by atoms with E-state index in [9.17, 15) is 15.3 Å². The summed E-state index contributed by atoms with van der Waals surface area (Å²) in [5.41, 5.74) is 3.79. The molecule has 3 nitrogen and oxygen atoms in total. The molecule has 0 aromatic heterocycles. The molecule has 1 unspecified atom stereocenters. The van der Waals surface area contributed by atoms with Crippen molar-refractivity contribution in [2.45, 2.75) is 109 Å². The highest BCUT2D eigenvalue weighted by Crippen LogP contribution is 2.77. The first-order valence-corrected chi connectivity index (χ1v) is 12.2. The molecule has 30 heavy (non-hydrogen) atoms. The van der Waals surface area contributed by atoms with E-state index in [0.29, 0.717) is 29.6 Å². The highest BCUT2D eigenvalue weighted by Gasteiger charge is 2.69. The molecule has 4 rings (SSSR count). The van der Waals surface area contributed by atoms with Gasteiger partial charge < -0.3 is 15.3 Å². The molecule has 0 aromatic rings. The van der Waals surface area contributed by atoms with Crippen LogP contribution in [0.3, 0.4) is 0 Å². The van der Waals surface area contributed by atoms with Crippen LogP contribution in [0.2, 0.25) is 0 Å². The van der Waals surface area contributed by atoms with Crippen molar-refractivity contribution in [1.29, 1.82) is 0 Å². The van der Waals surface area contributed by atoms with Crippen molar-refractivity contribution in [3.63, 3.8) is 0 Å². The first kappa shape index (κ1) is 22.3. The Kier molecular flexibility index (Phi) is 5.87. The van der Waals surface area contributed by atoms with E-state index in [1.165, 1.54) is 44.9 Å². The molecule has 0 aliphatic heterocycles. The van der Waals surface area contributed by atoms with Crippen molar-refractivity contribution in [1.82, 2.24) is 0 Å². The normalized spacial score (nSPS) is 44.1. The van der Waals surface area contributed by atoms with Gasteiger partial charge in [0.2, 0.25) is 0 Å². The van der Waals surface area contributed by atoms with Crippen molar-refractivity contribution in [3.05, 3.63) is 35.5 Å². The van der Waals surface area contributed by atoms with Gasteiger partial charge in [0.15, 0.2) is 0 Å². The van der Waals surface area contributed by atoms with Crippen molar-refractivity contribution in [2.24, 2.45) is 22.7 Å². The minimum Gasteiger partial charge on any atom is -0.393 e. The number of allylic oxidation sites excluding steroid dienone is 3. The molecule has 0 heterocycles. The highest BCUT2D eigenvalue weighted by molar-refractivity contribution is 5.39. The number of fused-ring (bicyclic) bond motifs is 2. The predicted octanol–water partition coefficient (Wildman–Crippen LogP) is 5.46. The van der Waals surface area contributed by atoms with Crippen LogP contribution in [-0.2, 0) is 0 Å². The number of aliphatic hydroxyl groups excluding tert-OH is 2. The number of rotatable bonds is 5. The molecule has 4 fully saturated rings. The maximum absolute atomic E-state index is 10.1. The van der Waals surface area contributed by atoms with Crippen LogP contribution in [0, 0.1) is 22.7 Å². The number of hydrogen-bond donors (Lipinski definition) is 3. The third kappa shape index (κ3) is 3.98. The van der Waals surface area contributed by atoms with Gasteiger partial charge in [-0.25, -0.2) is 0 Å². The van der Waals surface area contributed by atoms with E-state index in [2.05, 4.69) is 25.7 Å².